The van der Waals surface area contributed by atoms with Gasteiger partial charge in [-0.1, -0.05) is 0 Å². The number of aromatic nitrogens is 1. The zero-order chi connectivity index (χ0) is 15.4. The van der Waals surface area contributed by atoms with E-state index in [-0.39, 0.29) is 12.5 Å². The first-order valence-electron chi connectivity index (χ1n) is 7.80. The van der Waals surface area contributed by atoms with Gasteiger partial charge < -0.3 is 15.0 Å². The molecule has 0 atom stereocenters. The second-order valence-electron chi connectivity index (χ2n) is 5.41. The summed E-state index contributed by atoms with van der Waals surface area (Å²) in [6.07, 6.45) is 4.25. The number of amides is 1. The van der Waals surface area contributed by atoms with Crippen molar-refractivity contribution >= 4 is 28.2 Å². The smallest absolute Gasteiger partial charge is 0.250 e. The van der Waals surface area contributed by atoms with Crippen LogP contribution in [0.25, 0.3) is 10.9 Å². The van der Waals surface area contributed by atoms with Gasteiger partial charge in [-0.3, -0.25) is 9.78 Å². The average molecular weight is 299 g/mol. The molecular formula is C17H21N3O2. The molecule has 1 amide bonds. The molecule has 1 aliphatic heterocycles. The molecule has 1 saturated heterocycles. The molecule has 0 bridgehead atoms. The summed E-state index contributed by atoms with van der Waals surface area (Å²) in [5, 5.41) is 3.88. The standard InChI is InChI=1S/C17H21N3O2/c1-2-22-12-16(21)19-14-7-8-15(20-10-3-4-11-20)17-13(14)6-5-9-18-17/h5-9H,2-4,10-12H2,1H3,(H,19,21). The zero-order valence-electron chi connectivity index (χ0n) is 12.8. The molecule has 2 aromatic rings. The molecule has 0 spiro atoms. The number of ether oxygens (including phenoxy) is 1. The van der Waals surface area contributed by atoms with Crippen molar-refractivity contribution in [1.82, 2.24) is 4.98 Å². The Morgan fingerprint density at radius 1 is 1.32 bits per heavy atom. The minimum Gasteiger partial charge on any atom is -0.372 e. The van der Waals surface area contributed by atoms with E-state index in [9.17, 15) is 4.79 Å². The molecular weight excluding hydrogens is 278 g/mol. The minimum absolute atomic E-state index is 0.0755. The van der Waals surface area contributed by atoms with Crippen molar-refractivity contribution in [1.29, 1.82) is 0 Å². The first kappa shape index (κ1) is 14.8. The van der Waals surface area contributed by atoms with E-state index in [1.54, 1.807) is 6.20 Å². The number of pyridine rings is 1. The van der Waals surface area contributed by atoms with E-state index < -0.39 is 0 Å². The Morgan fingerprint density at radius 3 is 2.91 bits per heavy atom. The van der Waals surface area contributed by atoms with Crippen LogP contribution in [0.15, 0.2) is 30.5 Å². The van der Waals surface area contributed by atoms with E-state index in [4.69, 9.17) is 4.74 Å². The van der Waals surface area contributed by atoms with Crippen LogP contribution in [0.3, 0.4) is 0 Å². The van der Waals surface area contributed by atoms with Crippen molar-refractivity contribution in [2.75, 3.05) is 36.5 Å². The van der Waals surface area contributed by atoms with Crippen LogP contribution in [0.4, 0.5) is 11.4 Å². The summed E-state index contributed by atoms with van der Waals surface area (Å²) in [4.78, 5) is 18.8. The maximum atomic E-state index is 11.9. The van der Waals surface area contributed by atoms with Gasteiger partial charge in [0.2, 0.25) is 5.91 Å². The average Bonchev–Trinajstić information content (AvgIpc) is 3.07. The number of nitrogens with one attached hydrogen (secondary N) is 1. The monoisotopic (exact) mass is 299 g/mol. The first-order chi connectivity index (χ1) is 10.8. The Hall–Kier alpha value is -2.14. The van der Waals surface area contributed by atoms with Gasteiger partial charge in [0.25, 0.3) is 0 Å². The highest BCUT2D eigenvalue weighted by Gasteiger charge is 2.17. The zero-order valence-corrected chi connectivity index (χ0v) is 12.8. The van der Waals surface area contributed by atoms with E-state index in [0.717, 1.165) is 35.4 Å². The highest BCUT2D eigenvalue weighted by Crippen LogP contribution is 2.32. The molecule has 1 aromatic heterocycles. The maximum Gasteiger partial charge on any atom is 0.250 e. The normalized spacial score (nSPS) is 14.5. The molecule has 1 aromatic carbocycles. The van der Waals surface area contributed by atoms with Gasteiger partial charge in [0.15, 0.2) is 0 Å². The number of hydrogen-bond donors (Lipinski definition) is 1. The molecule has 22 heavy (non-hydrogen) atoms. The lowest BCUT2D eigenvalue weighted by atomic mass is 10.1. The largest absolute Gasteiger partial charge is 0.372 e. The Labute approximate surface area is 130 Å². The maximum absolute atomic E-state index is 11.9. The van der Waals surface area contributed by atoms with Gasteiger partial charge in [-0.25, -0.2) is 0 Å². The number of carbonyl (C=O) groups is 1. The molecule has 1 N–H and O–H groups in total. The van der Waals surface area contributed by atoms with E-state index in [2.05, 4.69) is 21.3 Å². The van der Waals surface area contributed by atoms with E-state index in [0.29, 0.717) is 6.61 Å². The molecule has 5 heteroatoms. The number of nitrogens with zero attached hydrogens (tertiary/aromatic N) is 2. The van der Waals surface area contributed by atoms with Crippen molar-refractivity contribution in [3.63, 3.8) is 0 Å². The molecule has 0 saturated carbocycles. The van der Waals surface area contributed by atoms with Crippen LogP contribution in [0.1, 0.15) is 19.8 Å². The Balaban J connectivity index is 1.92. The summed E-state index contributed by atoms with van der Waals surface area (Å²) in [6.45, 7) is 4.62. The lowest BCUT2D eigenvalue weighted by molar-refractivity contribution is -0.120. The van der Waals surface area contributed by atoms with Crippen LogP contribution >= 0.6 is 0 Å². The van der Waals surface area contributed by atoms with Crippen LogP contribution in [-0.2, 0) is 9.53 Å². The van der Waals surface area contributed by atoms with Gasteiger partial charge in [-0.15, -0.1) is 0 Å². The second-order valence-corrected chi connectivity index (χ2v) is 5.41. The molecule has 0 aliphatic carbocycles. The Bertz CT molecular complexity index is 666. The predicted octanol–water partition coefficient (Wildman–Crippen LogP) is 2.81. The van der Waals surface area contributed by atoms with Gasteiger partial charge in [-0.05, 0) is 44.0 Å². The number of benzene rings is 1. The third kappa shape index (κ3) is 3.04. The number of fused-ring (bicyclic) bond motifs is 1. The topological polar surface area (TPSA) is 54.5 Å². The molecule has 0 radical (unpaired) electrons. The van der Waals surface area contributed by atoms with E-state index in [1.165, 1.54) is 12.8 Å². The fourth-order valence-corrected chi connectivity index (χ4v) is 2.86. The first-order valence-corrected chi connectivity index (χ1v) is 7.80. The van der Waals surface area contributed by atoms with Crippen molar-refractivity contribution in [2.24, 2.45) is 0 Å². The fourth-order valence-electron chi connectivity index (χ4n) is 2.86. The molecule has 1 fully saturated rings. The van der Waals surface area contributed by atoms with E-state index in [1.807, 2.05) is 25.1 Å². The van der Waals surface area contributed by atoms with Crippen molar-refractivity contribution in [3.8, 4) is 0 Å². The van der Waals surface area contributed by atoms with Crippen LogP contribution in [-0.4, -0.2) is 37.2 Å². The number of rotatable bonds is 5. The van der Waals surface area contributed by atoms with Gasteiger partial charge in [0, 0.05) is 31.3 Å². The summed E-state index contributed by atoms with van der Waals surface area (Å²) in [6, 6.07) is 7.91. The predicted molar refractivity (Wildman–Crippen MR) is 88.3 cm³/mol. The summed E-state index contributed by atoms with van der Waals surface area (Å²) in [5.41, 5.74) is 2.88. The van der Waals surface area contributed by atoms with Gasteiger partial charge in [0.1, 0.15) is 6.61 Å². The molecule has 2 heterocycles. The highest BCUT2D eigenvalue weighted by molar-refractivity contribution is 6.05. The van der Waals surface area contributed by atoms with Gasteiger partial charge >= 0.3 is 0 Å². The minimum atomic E-state index is -0.138. The molecule has 3 rings (SSSR count). The fraction of sp³-hybridized carbons (Fsp3) is 0.412. The highest BCUT2D eigenvalue weighted by atomic mass is 16.5. The van der Waals surface area contributed by atoms with Gasteiger partial charge in [0.05, 0.1) is 16.9 Å². The van der Waals surface area contributed by atoms with Crippen LogP contribution < -0.4 is 10.2 Å². The van der Waals surface area contributed by atoms with Crippen LogP contribution in [0.2, 0.25) is 0 Å². The molecule has 116 valence electrons. The quantitative estimate of drug-likeness (QED) is 0.922. The van der Waals surface area contributed by atoms with Crippen LogP contribution in [0, 0.1) is 0 Å². The van der Waals surface area contributed by atoms with Crippen molar-refractivity contribution in [3.05, 3.63) is 30.5 Å². The van der Waals surface area contributed by atoms with Crippen molar-refractivity contribution < 1.29 is 9.53 Å². The number of hydrogen-bond acceptors (Lipinski definition) is 4. The summed E-state index contributed by atoms with van der Waals surface area (Å²) in [5.74, 6) is -0.138. The summed E-state index contributed by atoms with van der Waals surface area (Å²) in [7, 11) is 0. The summed E-state index contributed by atoms with van der Waals surface area (Å²) >= 11 is 0. The Morgan fingerprint density at radius 2 is 2.14 bits per heavy atom. The lowest BCUT2D eigenvalue weighted by Crippen LogP contribution is -2.20. The van der Waals surface area contributed by atoms with Crippen LogP contribution in [0.5, 0.6) is 0 Å². The second kappa shape index (κ2) is 6.75. The molecule has 1 aliphatic rings. The Kier molecular flexibility index (Phi) is 4.53. The summed E-state index contributed by atoms with van der Waals surface area (Å²) < 4.78 is 5.15. The van der Waals surface area contributed by atoms with Crippen molar-refractivity contribution in [2.45, 2.75) is 19.8 Å². The third-order valence-corrected chi connectivity index (χ3v) is 3.91. The lowest BCUT2D eigenvalue weighted by Gasteiger charge is -2.20. The number of anilines is 2. The molecule has 5 nitrogen and oxygen atoms in total. The molecule has 0 unspecified atom stereocenters. The SMILES string of the molecule is CCOCC(=O)Nc1ccc(N2CCCC2)c2ncccc12. The third-order valence-electron chi connectivity index (χ3n) is 3.91. The number of carbonyl (C=O) groups excluding carboxylic acids is 1. The van der Waals surface area contributed by atoms with Gasteiger partial charge in [-0.2, -0.15) is 0 Å². The van der Waals surface area contributed by atoms with E-state index >= 15 is 0 Å².